The summed E-state index contributed by atoms with van der Waals surface area (Å²) in [6, 6.07) is 0.242. The fourth-order valence-corrected chi connectivity index (χ4v) is 3.22. The average molecular weight is 254 g/mol. The van der Waals surface area contributed by atoms with Gasteiger partial charge in [0.15, 0.2) is 0 Å². The number of hydrogen-bond donors (Lipinski definition) is 2. The summed E-state index contributed by atoms with van der Waals surface area (Å²) in [7, 11) is 0. The van der Waals surface area contributed by atoms with Gasteiger partial charge in [0.05, 0.1) is 5.01 Å². The highest BCUT2D eigenvalue weighted by atomic mass is 32.1. The van der Waals surface area contributed by atoms with Gasteiger partial charge in [-0.3, -0.25) is 16.2 Å². The van der Waals surface area contributed by atoms with E-state index in [1.165, 1.54) is 25.9 Å². The SMILES string of the molecule is CC(C)(C(Cc1nccs1)NN)N1CCCC1. The van der Waals surface area contributed by atoms with Crippen LogP contribution in [0.25, 0.3) is 0 Å². The fraction of sp³-hybridized carbons (Fsp3) is 0.750. The van der Waals surface area contributed by atoms with E-state index in [1.54, 1.807) is 11.3 Å². The first kappa shape index (κ1) is 13.0. The van der Waals surface area contributed by atoms with E-state index >= 15 is 0 Å². The Labute approximate surface area is 107 Å². The highest BCUT2D eigenvalue weighted by Crippen LogP contribution is 2.26. The molecule has 3 N–H and O–H groups in total. The minimum Gasteiger partial charge on any atom is -0.297 e. The third-order valence-corrected chi connectivity index (χ3v) is 4.64. The van der Waals surface area contributed by atoms with Crippen molar-refractivity contribution in [2.75, 3.05) is 13.1 Å². The number of rotatable bonds is 5. The number of nitrogens with one attached hydrogen (secondary N) is 1. The predicted octanol–water partition coefficient (Wildman–Crippen LogP) is 1.39. The average Bonchev–Trinajstić information content (AvgIpc) is 2.98. The van der Waals surface area contributed by atoms with Gasteiger partial charge in [-0.15, -0.1) is 11.3 Å². The Morgan fingerprint density at radius 2 is 2.24 bits per heavy atom. The van der Waals surface area contributed by atoms with Crippen molar-refractivity contribution >= 4 is 11.3 Å². The molecule has 1 aromatic rings. The molecule has 1 unspecified atom stereocenters. The molecule has 1 aliphatic heterocycles. The van der Waals surface area contributed by atoms with Gasteiger partial charge in [0.25, 0.3) is 0 Å². The second-order valence-corrected chi connectivity index (χ2v) is 6.18. The molecule has 96 valence electrons. The summed E-state index contributed by atoms with van der Waals surface area (Å²) in [4.78, 5) is 6.88. The maximum atomic E-state index is 5.74. The van der Waals surface area contributed by atoms with E-state index in [0.29, 0.717) is 0 Å². The molecule has 2 heterocycles. The fourth-order valence-electron chi connectivity index (χ4n) is 2.55. The molecule has 0 amide bonds. The predicted molar refractivity (Wildman–Crippen MR) is 71.8 cm³/mol. The lowest BCUT2D eigenvalue weighted by atomic mass is 9.91. The molecule has 0 aliphatic carbocycles. The van der Waals surface area contributed by atoms with Gasteiger partial charge < -0.3 is 0 Å². The molecule has 4 nitrogen and oxygen atoms in total. The molecule has 17 heavy (non-hydrogen) atoms. The second-order valence-electron chi connectivity index (χ2n) is 5.20. The van der Waals surface area contributed by atoms with Gasteiger partial charge in [-0.2, -0.15) is 0 Å². The molecule has 0 saturated carbocycles. The summed E-state index contributed by atoms with van der Waals surface area (Å²) in [6.07, 6.45) is 5.37. The number of thiazole rings is 1. The maximum absolute atomic E-state index is 5.74. The lowest BCUT2D eigenvalue weighted by molar-refractivity contribution is 0.106. The summed E-state index contributed by atoms with van der Waals surface area (Å²) in [6.45, 7) is 6.92. The van der Waals surface area contributed by atoms with Gasteiger partial charge in [-0.1, -0.05) is 0 Å². The van der Waals surface area contributed by atoms with Crippen molar-refractivity contribution in [3.8, 4) is 0 Å². The number of likely N-dealkylation sites (tertiary alicyclic amines) is 1. The van der Waals surface area contributed by atoms with Crippen LogP contribution in [0.2, 0.25) is 0 Å². The zero-order valence-electron chi connectivity index (χ0n) is 10.6. The van der Waals surface area contributed by atoms with Crippen molar-refractivity contribution in [1.82, 2.24) is 15.3 Å². The van der Waals surface area contributed by atoms with Crippen molar-refractivity contribution in [2.24, 2.45) is 5.84 Å². The van der Waals surface area contributed by atoms with Crippen LogP contribution >= 0.6 is 11.3 Å². The Hall–Kier alpha value is -0.490. The van der Waals surface area contributed by atoms with E-state index in [4.69, 9.17) is 5.84 Å². The third-order valence-electron chi connectivity index (χ3n) is 3.84. The van der Waals surface area contributed by atoms with Crippen molar-refractivity contribution in [1.29, 1.82) is 0 Å². The van der Waals surface area contributed by atoms with E-state index in [2.05, 4.69) is 29.2 Å². The zero-order valence-corrected chi connectivity index (χ0v) is 11.5. The van der Waals surface area contributed by atoms with Crippen molar-refractivity contribution < 1.29 is 0 Å². The largest absolute Gasteiger partial charge is 0.297 e. The molecule has 0 bridgehead atoms. The highest BCUT2D eigenvalue weighted by Gasteiger charge is 2.36. The Kier molecular flexibility index (Phi) is 4.14. The summed E-state index contributed by atoms with van der Waals surface area (Å²) < 4.78 is 0. The lowest BCUT2D eigenvalue weighted by Gasteiger charge is -2.41. The van der Waals surface area contributed by atoms with Gasteiger partial charge in [0, 0.05) is 29.6 Å². The molecule has 1 aliphatic rings. The van der Waals surface area contributed by atoms with E-state index in [1.807, 2.05) is 11.6 Å². The minimum absolute atomic E-state index is 0.0803. The van der Waals surface area contributed by atoms with Gasteiger partial charge in [0.2, 0.25) is 0 Å². The highest BCUT2D eigenvalue weighted by molar-refractivity contribution is 7.09. The number of hydrogen-bond acceptors (Lipinski definition) is 5. The van der Waals surface area contributed by atoms with Gasteiger partial charge in [-0.25, -0.2) is 4.98 Å². The third kappa shape index (κ3) is 2.85. The summed E-state index contributed by atoms with van der Waals surface area (Å²) in [5.41, 5.74) is 3.06. The maximum Gasteiger partial charge on any atom is 0.0941 e. The Balaban J connectivity index is 2.05. The van der Waals surface area contributed by atoms with E-state index in [-0.39, 0.29) is 11.6 Å². The Bertz CT molecular complexity index is 330. The van der Waals surface area contributed by atoms with Crippen LogP contribution < -0.4 is 11.3 Å². The molecule has 1 atom stereocenters. The number of aromatic nitrogens is 1. The standard InChI is InChI=1S/C12H22N4S/c1-12(2,16-6-3-4-7-16)10(15-13)9-11-14-5-8-17-11/h5,8,10,15H,3-4,6-7,9,13H2,1-2H3. The van der Waals surface area contributed by atoms with E-state index in [0.717, 1.165) is 11.4 Å². The molecule has 1 saturated heterocycles. The van der Waals surface area contributed by atoms with Crippen molar-refractivity contribution in [3.63, 3.8) is 0 Å². The summed E-state index contributed by atoms with van der Waals surface area (Å²) in [5, 5.41) is 3.17. The molecule has 2 rings (SSSR count). The van der Waals surface area contributed by atoms with Crippen LogP contribution in [-0.4, -0.2) is 34.6 Å². The van der Waals surface area contributed by atoms with E-state index in [9.17, 15) is 0 Å². The molecular weight excluding hydrogens is 232 g/mol. The topological polar surface area (TPSA) is 54.2 Å². The first-order chi connectivity index (χ1) is 8.14. The number of nitrogens with two attached hydrogens (primary N) is 1. The van der Waals surface area contributed by atoms with Crippen LogP contribution in [0.15, 0.2) is 11.6 Å². The first-order valence-electron chi connectivity index (χ1n) is 6.24. The molecule has 1 aromatic heterocycles. The molecule has 0 aromatic carbocycles. The lowest BCUT2D eigenvalue weighted by Crippen LogP contribution is -2.59. The minimum atomic E-state index is 0.0803. The van der Waals surface area contributed by atoms with Crippen LogP contribution in [0.1, 0.15) is 31.7 Å². The molecule has 1 fully saturated rings. The van der Waals surface area contributed by atoms with Crippen LogP contribution in [0.4, 0.5) is 0 Å². The van der Waals surface area contributed by atoms with Gasteiger partial charge >= 0.3 is 0 Å². The zero-order chi connectivity index (χ0) is 12.3. The van der Waals surface area contributed by atoms with Crippen molar-refractivity contribution in [2.45, 2.75) is 44.7 Å². The van der Waals surface area contributed by atoms with Crippen LogP contribution in [0.5, 0.6) is 0 Å². The molecule has 0 spiro atoms. The number of nitrogens with zero attached hydrogens (tertiary/aromatic N) is 2. The summed E-state index contributed by atoms with van der Waals surface area (Å²) in [5.74, 6) is 5.74. The van der Waals surface area contributed by atoms with Crippen LogP contribution in [0.3, 0.4) is 0 Å². The smallest absolute Gasteiger partial charge is 0.0941 e. The van der Waals surface area contributed by atoms with Crippen LogP contribution in [0, 0.1) is 0 Å². The van der Waals surface area contributed by atoms with E-state index < -0.39 is 0 Å². The normalized spacial score (nSPS) is 19.7. The van der Waals surface area contributed by atoms with Gasteiger partial charge in [0.1, 0.15) is 0 Å². The van der Waals surface area contributed by atoms with Gasteiger partial charge in [-0.05, 0) is 39.8 Å². The van der Waals surface area contributed by atoms with Crippen molar-refractivity contribution in [3.05, 3.63) is 16.6 Å². The Morgan fingerprint density at radius 1 is 1.53 bits per heavy atom. The molecular formula is C12H22N4S. The quantitative estimate of drug-likeness (QED) is 0.616. The monoisotopic (exact) mass is 254 g/mol. The Morgan fingerprint density at radius 3 is 2.76 bits per heavy atom. The number of hydrazine groups is 1. The molecule has 0 radical (unpaired) electrons. The second kappa shape index (κ2) is 5.44. The van der Waals surface area contributed by atoms with Crippen LogP contribution in [-0.2, 0) is 6.42 Å². The summed E-state index contributed by atoms with van der Waals surface area (Å²) >= 11 is 1.70. The first-order valence-corrected chi connectivity index (χ1v) is 7.12. The molecule has 5 heteroatoms.